The van der Waals surface area contributed by atoms with E-state index in [1.807, 2.05) is 6.07 Å². The van der Waals surface area contributed by atoms with Crippen molar-refractivity contribution in [2.75, 3.05) is 13.3 Å². The molecule has 0 atom stereocenters. The van der Waals surface area contributed by atoms with Crippen LogP contribution in [0.3, 0.4) is 0 Å². The fourth-order valence-corrected chi connectivity index (χ4v) is 1.91. The Morgan fingerprint density at radius 2 is 2.00 bits per heavy atom. The minimum Gasteiger partial charge on any atom is -0.388 e. The smallest absolute Gasteiger partial charge is 0.0848 e. The molecule has 1 aromatic carbocycles. The van der Waals surface area contributed by atoms with Crippen molar-refractivity contribution < 1.29 is 4.74 Å². The Morgan fingerprint density at radius 3 is 2.60 bits per heavy atom. The summed E-state index contributed by atoms with van der Waals surface area (Å²) in [5, 5.41) is 1.48. The van der Waals surface area contributed by atoms with Crippen LogP contribution in [-0.2, 0) is 4.74 Å². The van der Waals surface area contributed by atoms with Gasteiger partial charge in [0, 0.05) is 13.3 Å². The summed E-state index contributed by atoms with van der Waals surface area (Å²) in [6.45, 7) is 0. The number of methoxy groups -OCH3 is 1. The van der Waals surface area contributed by atoms with Gasteiger partial charge in [0.2, 0.25) is 0 Å². The summed E-state index contributed by atoms with van der Waals surface area (Å²) in [5.41, 5.74) is 0. The summed E-state index contributed by atoms with van der Waals surface area (Å²) in [6, 6.07) is 10.6. The molecular formula is C8H12OSi. The van der Waals surface area contributed by atoms with Gasteiger partial charge in [0.25, 0.3) is 0 Å². The Morgan fingerprint density at radius 1 is 1.30 bits per heavy atom. The first-order chi connectivity index (χ1) is 4.93. The lowest BCUT2D eigenvalue weighted by molar-refractivity contribution is 0.252. The van der Waals surface area contributed by atoms with Crippen LogP contribution < -0.4 is 5.19 Å². The van der Waals surface area contributed by atoms with Crippen LogP contribution in [0.5, 0.6) is 0 Å². The lowest BCUT2D eigenvalue weighted by atomic mass is 10.4. The van der Waals surface area contributed by atoms with E-state index in [0.29, 0.717) is 0 Å². The molecular weight excluding hydrogens is 140 g/mol. The van der Waals surface area contributed by atoms with Crippen LogP contribution in [0.2, 0.25) is 0 Å². The van der Waals surface area contributed by atoms with E-state index in [0.717, 1.165) is 6.23 Å². The summed E-state index contributed by atoms with van der Waals surface area (Å²) in [5.74, 6) is 0. The molecule has 0 heterocycles. The topological polar surface area (TPSA) is 9.23 Å². The van der Waals surface area contributed by atoms with E-state index in [1.54, 1.807) is 7.11 Å². The van der Waals surface area contributed by atoms with Gasteiger partial charge >= 0.3 is 0 Å². The molecule has 0 bridgehead atoms. The zero-order valence-electron chi connectivity index (χ0n) is 6.21. The van der Waals surface area contributed by atoms with E-state index < -0.39 is 0 Å². The molecule has 1 aromatic rings. The molecule has 0 radical (unpaired) electrons. The lowest BCUT2D eigenvalue weighted by Crippen LogP contribution is -2.17. The average molecular weight is 152 g/mol. The highest BCUT2D eigenvalue weighted by Gasteiger charge is 1.88. The quantitative estimate of drug-likeness (QED) is 0.558. The Balaban J connectivity index is 2.43. The van der Waals surface area contributed by atoms with E-state index >= 15 is 0 Å². The van der Waals surface area contributed by atoms with Crippen molar-refractivity contribution in [3.05, 3.63) is 30.3 Å². The minimum absolute atomic E-state index is 0.134. The van der Waals surface area contributed by atoms with Crippen molar-refractivity contribution in [2.45, 2.75) is 0 Å². The van der Waals surface area contributed by atoms with Crippen molar-refractivity contribution in [3.8, 4) is 0 Å². The average Bonchev–Trinajstić information content (AvgIpc) is 2.03. The molecule has 0 saturated heterocycles. The summed E-state index contributed by atoms with van der Waals surface area (Å²) in [4.78, 5) is 0. The monoisotopic (exact) mass is 152 g/mol. The van der Waals surface area contributed by atoms with Crippen LogP contribution >= 0.6 is 0 Å². The number of hydrogen-bond acceptors (Lipinski definition) is 1. The van der Waals surface area contributed by atoms with Crippen molar-refractivity contribution >= 4 is 14.7 Å². The molecule has 54 valence electrons. The van der Waals surface area contributed by atoms with Gasteiger partial charge in [-0.15, -0.1) is 0 Å². The van der Waals surface area contributed by atoms with Crippen molar-refractivity contribution in [3.63, 3.8) is 0 Å². The van der Waals surface area contributed by atoms with E-state index in [4.69, 9.17) is 4.74 Å². The van der Waals surface area contributed by atoms with Gasteiger partial charge in [-0.1, -0.05) is 35.5 Å². The van der Waals surface area contributed by atoms with Crippen LogP contribution in [0.25, 0.3) is 0 Å². The second-order valence-electron chi connectivity index (χ2n) is 2.23. The summed E-state index contributed by atoms with van der Waals surface area (Å²) >= 11 is 0. The van der Waals surface area contributed by atoms with Gasteiger partial charge in [0.05, 0.1) is 9.52 Å². The third-order valence-corrected chi connectivity index (χ3v) is 3.10. The minimum atomic E-state index is -0.134. The predicted octanol–water partition coefficient (Wildman–Crippen LogP) is 0.0846. The molecule has 0 aliphatic heterocycles. The molecule has 0 fully saturated rings. The van der Waals surface area contributed by atoms with Gasteiger partial charge in [0.1, 0.15) is 0 Å². The fraction of sp³-hybridized carbons (Fsp3) is 0.250. The Bertz CT molecular complexity index is 174. The van der Waals surface area contributed by atoms with E-state index in [2.05, 4.69) is 24.3 Å². The highest BCUT2D eigenvalue weighted by molar-refractivity contribution is 6.53. The molecule has 0 amide bonds. The summed E-state index contributed by atoms with van der Waals surface area (Å²) < 4.78 is 5.01. The second kappa shape index (κ2) is 4.25. The first kappa shape index (κ1) is 7.50. The maximum Gasteiger partial charge on any atom is 0.0848 e. The highest BCUT2D eigenvalue weighted by atomic mass is 28.2. The zero-order valence-corrected chi connectivity index (χ0v) is 7.62. The van der Waals surface area contributed by atoms with E-state index in [1.165, 1.54) is 5.19 Å². The largest absolute Gasteiger partial charge is 0.388 e. The molecule has 0 aliphatic carbocycles. The molecule has 0 saturated carbocycles. The van der Waals surface area contributed by atoms with Crippen molar-refractivity contribution in [2.24, 2.45) is 0 Å². The fourth-order valence-electron chi connectivity index (χ4n) is 0.865. The number of rotatable bonds is 3. The lowest BCUT2D eigenvalue weighted by Gasteiger charge is -1.96. The van der Waals surface area contributed by atoms with Gasteiger partial charge in [0.15, 0.2) is 0 Å². The molecule has 0 aromatic heterocycles. The van der Waals surface area contributed by atoms with Crippen LogP contribution in [0.15, 0.2) is 30.3 Å². The van der Waals surface area contributed by atoms with Crippen LogP contribution in [0.1, 0.15) is 0 Å². The SMILES string of the molecule is COC[SiH2]c1ccccc1. The molecule has 10 heavy (non-hydrogen) atoms. The third-order valence-electron chi connectivity index (χ3n) is 1.44. The maximum atomic E-state index is 5.01. The highest BCUT2D eigenvalue weighted by Crippen LogP contribution is 1.80. The van der Waals surface area contributed by atoms with Crippen LogP contribution in [-0.4, -0.2) is 22.9 Å². The predicted molar refractivity (Wildman–Crippen MR) is 46.5 cm³/mol. The van der Waals surface area contributed by atoms with E-state index in [9.17, 15) is 0 Å². The van der Waals surface area contributed by atoms with Crippen LogP contribution in [0, 0.1) is 0 Å². The molecule has 1 nitrogen and oxygen atoms in total. The zero-order chi connectivity index (χ0) is 7.23. The van der Waals surface area contributed by atoms with Gasteiger partial charge in [-0.3, -0.25) is 0 Å². The van der Waals surface area contributed by atoms with Crippen molar-refractivity contribution in [1.82, 2.24) is 0 Å². The molecule has 0 unspecified atom stereocenters. The normalized spacial score (nSPS) is 10.9. The summed E-state index contributed by atoms with van der Waals surface area (Å²) in [7, 11) is 1.63. The van der Waals surface area contributed by atoms with Gasteiger partial charge in [-0.05, 0) is 0 Å². The number of hydrogen-bond donors (Lipinski definition) is 0. The molecule has 0 spiro atoms. The van der Waals surface area contributed by atoms with Crippen LogP contribution in [0.4, 0.5) is 0 Å². The van der Waals surface area contributed by atoms with Gasteiger partial charge < -0.3 is 4.74 Å². The Labute approximate surface area is 63.8 Å². The molecule has 0 aliphatic rings. The van der Waals surface area contributed by atoms with Crippen molar-refractivity contribution in [1.29, 1.82) is 0 Å². The number of ether oxygens (including phenoxy) is 1. The number of benzene rings is 1. The standard InChI is InChI=1S/C8H12OSi/c1-9-7-10-8-5-3-2-4-6-8/h2-6H,7,10H2,1H3. The molecule has 1 rings (SSSR count). The van der Waals surface area contributed by atoms with E-state index in [-0.39, 0.29) is 9.52 Å². The van der Waals surface area contributed by atoms with Gasteiger partial charge in [-0.25, -0.2) is 0 Å². The second-order valence-corrected chi connectivity index (χ2v) is 3.95. The third kappa shape index (κ3) is 2.33. The first-order valence-corrected chi connectivity index (χ1v) is 5.17. The Hall–Kier alpha value is -0.603. The van der Waals surface area contributed by atoms with Gasteiger partial charge in [-0.2, -0.15) is 0 Å². The summed E-state index contributed by atoms with van der Waals surface area (Å²) in [6.07, 6.45) is 0.948. The Kier molecular flexibility index (Phi) is 3.19. The molecule has 2 heteroatoms. The maximum absolute atomic E-state index is 5.01. The molecule has 0 N–H and O–H groups in total. The first-order valence-electron chi connectivity index (χ1n) is 3.46.